The molecule has 29 heavy (non-hydrogen) atoms. The Morgan fingerprint density at radius 3 is 1.97 bits per heavy atom. The fraction of sp³-hybridized carbons (Fsp3) is 0.211. The van der Waals surface area contributed by atoms with Crippen molar-refractivity contribution in [2.75, 3.05) is 12.5 Å². The second-order valence-electron chi connectivity index (χ2n) is 6.84. The van der Waals surface area contributed by atoms with Crippen molar-refractivity contribution in [2.45, 2.75) is 21.9 Å². The Bertz CT molecular complexity index is 1190. The van der Waals surface area contributed by atoms with Gasteiger partial charge in [0.2, 0.25) is 0 Å². The largest absolute Gasteiger partial charge is 0.378 e. The molecule has 1 heterocycles. The number of benzene rings is 2. The van der Waals surface area contributed by atoms with Gasteiger partial charge in [-0.2, -0.15) is 0 Å². The number of aliphatic hydroxyl groups is 1. The standard InChI is InChI=1S/C19H19BrN2O5S2/c1-28(24,25)17-9-15(10-18(11-17)29(2,26)27)19(23,12-22-8-7-21-13-22)14-3-5-16(20)6-4-14/h3-11,13,23H,12H2,1-2H3. The first-order valence-corrected chi connectivity index (χ1v) is 13.0. The van der Waals surface area contributed by atoms with Gasteiger partial charge in [-0.1, -0.05) is 28.1 Å². The maximum absolute atomic E-state index is 12.2. The molecular formula is C19H19BrN2O5S2. The number of hydrogen-bond donors (Lipinski definition) is 1. The summed E-state index contributed by atoms with van der Waals surface area (Å²) in [5.74, 6) is 0. The van der Waals surface area contributed by atoms with Crippen LogP contribution in [0.1, 0.15) is 11.1 Å². The fourth-order valence-electron chi connectivity index (χ4n) is 2.96. The second kappa shape index (κ2) is 7.67. The van der Waals surface area contributed by atoms with Crippen LogP contribution >= 0.6 is 15.9 Å². The van der Waals surface area contributed by atoms with Crippen LogP contribution < -0.4 is 0 Å². The van der Waals surface area contributed by atoms with Crippen molar-refractivity contribution in [3.63, 3.8) is 0 Å². The van der Waals surface area contributed by atoms with Crippen LogP contribution in [0.3, 0.4) is 0 Å². The van der Waals surface area contributed by atoms with Crippen LogP contribution in [-0.2, 0) is 31.8 Å². The summed E-state index contributed by atoms with van der Waals surface area (Å²) in [5, 5.41) is 11.7. The quantitative estimate of drug-likeness (QED) is 0.559. The Hall–Kier alpha value is -2.01. The van der Waals surface area contributed by atoms with Gasteiger partial charge >= 0.3 is 0 Å². The lowest BCUT2D eigenvalue weighted by Crippen LogP contribution is -2.33. The van der Waals surface area contributed by atoms with Gasteiger partial charge in [0, 0.05) is 29.4 Å². The molecule has 7 nitrogen and oxygen atoms in total. The molecule has 3 rings (SSSR count). The van der Waals surface area contributed by atoms with Crippen LogP contribution in [0, 0.1) is 0 Å². The summed E-state index contributed by atoms with van der Waals surface area (Å²) in [4.78, 5) is 3.61. The zero-order valence-electron chi connectivity index (χ0n) is 15.6. The minimum Gasteiger partial charge on any atom is -0.378 e. The normalized spacial score (nSPS) is 14.5. The molecule has 1 unspecified atom stereocenters. The molecule has 0 fully saturated rings. The molecular weight excluding hydrogens is 480 g/mol. The zero-order valence-corrected chi connectivity index (χ0v) is 18.9. The molecule has 0 amide bonds. The first-order valence-electron chi connectivity index (χ1n) is 8.39. The molecule has 0 bridgehead atoms. The van der Waals surface area contributed by atoms with Gasteiger partial charge in [-0.25, -0.2) is 21.8 Å². The van der Waals surface area contributed by atoms with Gasteiger partial charge in [-0.05, 0) is 41.5 Å². The number of nitrogens with zero attached hydrogens (tertiary/aromatic N) is 2. The number of imidazole rings is 1. The van der Waals surface area contributed by atoms with Crippen LogP contribution in [0.5, 0.6) is 0 Å². The van der Waals surface area contributed by atoms with Gasteiger partial charge < -0.3 is 9.67 Å². The predicted molar refractivity (Wildman–Crippen MR) is 112 cm³/mol. The molecule has 0 aliphatic rings. The molecule has 0 aliphatic carbocycles. The van der Waals surface area contributed by atoms with Crippen LogP contribution in [-0.4, -0.2) is 44.0 Å². The Kier molecular flexibility index (Phi) is 5.74. The van der Waals surface area contributed by atoms with Crippen molar-refractivity contribution >= 4 is 35.6 Å². The van der Waals surface area contributed by atoms with Crippen molar-refractivity contribution in [3.8, 4) is 0 Å². The maximum Gasteiger partial charge on any atom is 0.175 e. The average Bonchev–Trinajstić information content (AvgIpc) is 3.13. The predicted octanol–water partition coefficient (Wildman–Crippen LogP) is 2.39. The third kappa shape index (κ3) is 4.77. The molecule has 1 N–H and O–H groups in total. The molecule has 0 spiro atoms. The van der Waals surface area contributed by atoms with Crippen molar-refractivity contribution in [1.82, 2.24) is 9.55 Å². The number of halogens is 1. The Morgan fingerprint density at radius 1 is 0.966 bits per heavy atom. The van der Waals surface area contributed by atoms with Crippen LogP contribution in [0.2, 0.25) is 0 Å². The maximum atomic E-state index is 12.2. The van der Waals surface area contributed by atoms with Crippen LogP contribution in [0.4, 0.5) is 0 Å². The minimum absolute atomic E-state index is 0.00501. The first kappa shape index (κ1) is 21.7. The molecule has 0 saturated heterocycles. The van der Waals surface area contributed by atoms with Gasteiger partial charge in [-0.15, -0.1) is 0 Å². The highest BCUT2D eigenvalue weighted by atomic mass is 79.9. The van der Waals surface area contributed by atoms with Gasteiger partial charge in [0.15, 0.2) is 19.7 Å². The third-order valence-electron chi connectivity index (χ3n) is 4.51. The van der Waals surface area contributed by atoms with E-state index in [4.69, 9.17) is 0 Å². The lowest BCUT2D eigenvalue weighted by molar-refractivity contribution is 0.0607. The Labute approximate surface area is 178 Å². The Balaban J connectivity index is 2.31. The van der Waals surface area contributed by atoms with E-state index in [1.54, 1.807) is 41.2 Å². The van der Waals surface area contributed by atoms with E-state index in [0.29, 0.717) is 5.56 Å². The molecule has 0 saturated carbocycles. The van der Waals surface area contributed by atoms with Crippen LogP contribution in [0.15, 0.2) is 75.4 Å². The first-order chi connectivity index (χ1) is 13.4. The topological polar surface area (TPSA) is 106 Å². The van der Waals surface area contributed by atoms with E-state index < -0.39 is 25.3 Å². The molecule has 154 valence electrons. The van der Waals surface area contributed by atoms with E-state index in [1.165, 1.54) is 18.5 Å². The summed E-state index contributed by atoms with van der Waals surface area (Å²) in [5.41, 5.74) is -1.09. The zero-order chi connectivity index (χ0) is 21.4. The average molecular weight is 499 g/mol. The SMILES string of the molecule is CS(=O)(=O)c1cc(C(O)(Cn2ccnc2)c2ccc(Br)cc2)cc(S(C)(=O)=O)c1. The molecule has 0 radical (unpaired) electrons. The highest BCUT2D eigenvalue weighted by Crippen LogP contribution is 2.35. The fourth-order valence-corrected chi connectivity index (χ4v) is 4.66. The van der Waals surface area contributed by atoms with Crippen molar-refractivity contribution < 1.29 is 21.9 Å². The van der Waals surface area contributed by atoms with E-state index in [2.05, 4.69) is 20.9 Å². The van der Waals surface area contributed by atoms with E-state index in [0.717, 1.165) is 23.1 Å². The minimum atomic E-state index is -3.72. The van der Waals surface area contributed by atoms with Crippen molar-refractivity contribution in [2.24, 2.45) is 0 Å². The highest BCUT2D eigenvalue weighted by molar-refractivity contribution is 9.10. The van der Waals surface area contributed by atoms with Gasteiger partial charge in [-0.3, -0.25) is 0 Å². The van der Waals surface area contributed by atoms with Crippen molar-refractivity contribution in [1.29, 1.82) is 0 Å². The molecule has 2 aromatic carbocycles. The number of rotatable bonds is 6. The number of hydrogen-bond acceptors (Lipinski definition) is 6. The molecule has 10 heteroatoms. The monoisotopic (exact) mass is 498 g/mol. The summed E-state index contributed by atoms with van der Waals surface area (Å²) in [6.45, 7) is 0.00501. The second-order valence-corrected chi connectivity index (χ2v) is 11.8. The van der Waals surface area contributed by atoms with E-state index >= 15 is 0 Å². The van der Waals surface area contributed by atoms with E-state index in [-0.39, 0.29) is 21.9 Å². The molecule has 0 aliphatic heterocycles. The van der Waals surface area contributed by atoms with Gasteiger partial charge in [0.1, 0.15) is 5.60 Å². The number of aromatic nitrogens is 2. The smallest absolute Gasteiger partial charge is 0.175 e. The lowest BCUT2D eigenvalue weighted by atomic mass is 9.86. The summed E-state index contributed by atoms with van der Waals surface area (Å²) in [6.07, 6.45) is 6.71. The lowest BCUT2D eigenvalue weighted by Gasteiger charge is -2.30. The molecule has 1 atom stereocenters. The van der Waals surface area contributed by atoms with Gasteiger partial charge in [0.05, 0.1) is 22.7 Å². The van der Waals surface area contributed by atoms with Crippen LogP contribution in [0.25, 0.3) is 0 Å². The summed E-state index contributed by atoms with van der Waals surface area (Å²) in [7, 11) is -7.44. The van der Waals surface area contributed by atoms with E-state index in [9.17, 15) is 21.9 Å². The highest BCUT2D eigenvalue weighted by Gasteiger charge is 2.34. The number of sulfone groups is 2. The summed E-state index contributed by atoms with van der Waals surface area (Å²) in [6, 6.07) is 10.6. The molecule has 1 aromatic heterocycles. The van der Waals surface area contributed by atoms with E-state index in [1.807, 2.05) is 0 Å². The molecule has 3 aromatic rings. The van der Waals surface area contributed by atoms with Crippen molar-refractivity contribution in [3.05, 3.63) is 76.8 Å². The third-order valence-corrected chi connectivity index (χ3v) is 7.22. The summed E-state index contributed by atoms with van der Waals surface area (Å²) >= 11 is 3.35. The Morgan fingerprint density at radius 2 is 1.52 bits per heavy atom. The van der Waals surface area contributed by atoms with Gasteiger partial charge in [0.25, 0.3) is 0 Å². The summed E-state index contributed by atoms with van der Waals surface area (Å²) < 4.78 is 51.2.